The number of aliphatic hydroxyl groups excluding tert-OH is 1. The molecule has 0 saturated heterocycles. The molecule has 2 aromatic rings. The maximum atomic E-state index is 10.4. The summed E-state index contributed by atoms with van der Waals surface area (Å²) in [5, 5.41) is 11.1. The fourth-order valence-corrected chi connectivity index (χ4v) is 3.72. The summed E-state index contributed by atoms with van der Waals surface area (Å²) >= 11 is 7.73. The Kier molecular flexibility index (Phi) is 3.33. The van der Waals surface area contributed by atoms with Crippen molar-refractivity contribution in [2.45, 2.75) is 17.5 Å². The molecule has 3 rings (SSSR count). The zero-order valence-corrected chi connectivity index (χ0v) is 11.2. The Balaban J connectivity index is 1.83. The second-order valence-corrected chi connectivity index (χ2v) is 5.96. The van der Waals surface area contributed by atoms with Gasteiger partial charge >= 0.3 is 0 Å². The van der Waals surface area contributed by atoms with E-state index in [9.17, 15) is 5.11 Å². The Morgan fingerprint density at radius 3 is 3.17 bits per heavy atom. The number of halogens is 1. The average molecular weight is 281 g/mol. The molecule has 0 radical (unpaired) electrons. The normalized spacial score (nSPS) is 22.8. The molecule has 0 fully saturated rings. The highest BCUT2D eigenvalue weighted by atomic mass is 35.5. The van der Waals surface area contributed by atoms with Crippen molar-refractivity contribution in [1.29, 1.82) is 0 Å². The fourth-order valence-electron chi connectivity index (χ4n) is 2.24. The molecule has 2 unspecified atom stereocenters. The van der Waals surface area contributed by atoms with E-state index in [4.69, 9.17) is 11.6 Å². The lowest BCUT2D eigenvalue weighted by Gasteiger charge is -2.29. The van der Waals surface area contributed by atoms with Crippen LogP contribution in [0.15, 0.2) is 41.8 Å². The summed E-state index contributed by atoms with van der Waals surface area (Å²) in [6.07, 6.45) is 5.04. The molecule has 1 aromatic heterocycles. The van der Waals surface area contributed by atoms with Crippen molar-refractivity contribution in [3.63, 3.8) is 0 Å². The van der Waals surface area contributed by atoms with Crippen molar-refractivity contribution < 1.29 is 5.11 Å². The maximum absolute atomic E-state index is 10.4. The fraction of sp³-hybridized carbons (Fsp3) is 0.308. The molecule has 1 aliphatic rings. The van der Waals surface area contributed by atoms with Crippen LogP contribution in [0, 0.1) is 5.92 Å². The van der Waals surface area contributed by atoms with Gasteiger partial charge in [-0.3, -0.25) is 0 Å². The number of imidazole rings is 1. The van der Waals surface area contributed by atoms with E-state index in [-0.39, 0.29) is 5.92 Å². The van der Waals surface area contributed by atoms with Crippen LogP contribution in [-0.2, 0) is 6.54 Å². The van der Waals surface area contributed by atoms with E-state index < -0.39 is 6.10 Å². The highest BCUT2D eigenvalue weighted by molar-refractivity contribution is 7.99. The largest absolute Gasteiger partial charge is 0.388 e. The van der Waals surface area contributed by atoms with E-state index >= 15 is 0 Å². The number of rotatable bonds is 2. The summed E-state index contributed by atoms with van der Waals surface area (Å²) in [6, 6.07) is 5.69. The number of aliphatic hydroxyl groups is 1. The SMILES string of the molecule is OC1c2ccc(Cl)cc2SCC1Cn1ccnc1. The van der Waals surface area contributed by atoms with E-state index in [1.165, 1.54) is 0 Å². The first-order valence-electron chi connectivity index (χ1n) is 5.80. The van der Waals surface area contributed by atoms with E-state index in [0.717, 1.165) is 27.8 Å². The van der Waals surface area contributed by atoms with Gasteiger partial charge < -0.3 is 9.67 Å². The summed E-state index contributed by atoms with van der Waals surface area (Å²) in [7, 11) is 0. The van der Waals surface area contributed by atoms with Crippen LogP contribution >= 0.6 is 23.4 Å². The Morgan fingerprint density at radius 1 is 1.50 bits per heavy atom. The van der Waals surface area contributed by atoms with Crippen molar-refractivity contribution >= 4 is 23.4 Å². The van der Waals surface area contributed by atoms with Gasteiger partial charge in [-0.25, -0.2) is 4.98 Å². The molecule has 0 spiro atoms. The molecular formula is C13H13ClN2OS. The average Bonchev–Trinajstić information content (AvgIpc) is 2.85. The first-order valence-corrected chi connectivity index (χ1v) is 7.16. The molecule has 0 amide bonds. The molecule has 1 aliphatic heterocycles. The lowest BCUT2D eigenvalue weighted by Crippen LogP contribution is -2.24. The molecule has 0 saturated carbocycles. The monoisotopic (exact) mass is 280 g/mol. The molecule has 1 N–H and O–H groups in total. The van der Waals surface area contributed by atoms with E-state index in [0.29, 0.717) is 0 Å². The van der Waals surface area contributed by atoms with Gasteiger partial charge in [-0.05, 0) is 17.7 Å². The van der Waals surface area contributed by atoms with Crippen molar-refractivity contribution in [3.8, 4) is 0 Å². The van der Waals surface area contributed by atoms with Crippen molar-refractivity contribution in [1.82, 2.24) is 9.55 Å². The third-order valence-corrected chi connectivity index (χ3v) is 4.69. The van der Waals surface area contributed by atoms with Crippen LogP contribution in [0.5, 0.6) is 0 Å². The number of nitrogens with zero attached hydrogens (tertiary/aromatic N) is 2. The lowest BCUT2D eigenvalue weighted by molar-refractivity contribution is 0.105. The van der Waals surface area contributed by atoms with Gasteiger partial charge in [-0.1, -0.05) is 17.7 Å². The maximum Gasteiger partial charge on any atom is 0.0946 e. The van der Waals surface area contributed by atoms with Crippen LogP contribution in [-0.4, -0.2) is 20.4 Å². The molecule has 0 bridgehead atoms. The highest BCUT2D eigenvalue weighted by Gasteiger charge is 2.28. The first-order chi connectivity index (χ1) is 8.74. The van der Waals surface area contributed by atoms with Crippen LogP contribution in [0.25, 0.3) is 0 Å². The molecule has 94 valence electrons. The van der Waals surface area contributed by atoms with Gasteiger partial charge in [0.1, 0.15) is 0 Å². The lowest BCUT2D eigenvalue weighted by atomic mass is 9.96. The minimum absolute atomic E-state index is 0.206. The van der Waals surface area contributed by atoms with Gasteiger partial charge in [0, 0.05) is 40.5 Å². The second kappa shape index (κ2) is 4.96. The Labute approximate surface area is 115 Å². The molecule has 0 aliphatic carbocycles. The first kappa shape index (κ1) is 12.1. The number of aromatic nitrogens is 2. The van der Waals surface area contributed by atoms with E-state index in [2.05, 4.69) is 4.98 Å². The smallest absolute Gasteiger partial charge is 0.0946 e. The number of hydrogen-bond donors (Lipinski definition) is 1. The summed E-state index contributed by atoms with van der Waals surface area (Å²) in [4.78, 5) is 5.12. The molecule has 18 heavy (non-hydrogen) atoms. The number of fused-ring (bicyclic) bond motifs is 1. The predicted octanol–water partition coefficient (Wildman–Crippen LogP) is 2.99. The molecule has 3 nitrogen and oxygen atoms in total. The van der Waals surface area contributed by atoms with Gasteiger partial charge in [0.25, 0.3) is 0 Å². The van der Waals surface area contributed by atoms with Crippen LogP contribution in [0.2, 0.25) is 5.02 Å². The number of thioether (sulfide) groups is 1. The third kappa shape index (κ3) is 2.28. The molecular weight excluding hydrogens is 268 g/mol. The minimum Gasteiger partial charge on any atom is -0.388 e. The van der Waals surface area contributed by atoms with Crippen molar-refractivity contribution in [3.05, 3.63) is 47.5 Å². The zero-order chi connectivity index (χ0) is 12.5. The second-order valence-electron chi connectivity index (χ2n) is 4.46. The van der Waals surface area contributed by atoms with Crippen molar-refractivity contribution in [2.24, 2.45) is 5.92 Å². The summed E-state index contributed by atoms with van der Waals surface area (Å²) in [5.74, 6) is 1.10. The third-order valence-electron chi connectivity index (χ3n) is 3.20. The molecule has 2 heterocycles. The number of hydrogen-bond acceptors (Lipinski definition) is 3. The zero-order valence-electron chi connectivity index (χ0n) is 9.66. The highest BCUT2D eigenvalue weighted by Crippen LogP contribution is 2.41. The Bertz CT molecular complexity index is 544. The van der Waals surface area contributed by atoms with Crippen LogP contribution in [0.3, 0.4) is 0 Å². The van der Waals surface area contributed by atoms with E-state index in [1.807, 2.05) is 29.0 Å². The van der Waals surface area contributed by atoms with Crippen molar-refractivity contribution in [2.75, 3.05) is 5.75 Å². The summed E-state index contributed by atoms with van der Waals surface area (Å²) in [6.45, 7) is 0.788. The van der Waals surface area contributed by atoms with Gasteiger partial charge in [-0.15, -0.1) is 11.8 Å². The number of benzene rings is 1. The molecule has 5 heteroatoms. The quantitative estimate of drug-likeness (QED) is 0.919. The standard InChI is InChI=1S/C13H13ClN2OS/c14-10-1-2-11-12(5-10)18-7-9(13(11)17)6-16-4-3-15-8-16/h1-5,8-9,13,17H,6-7H2. The van der Waals surface area contributed by atoms with Gasteiger partial charge in [0.05, 0.1) is 12.4 Å². The van der Waals surface area contributed by atoms with Crippen LogP contribution in [0.4, 0.5) is 0 Å². The van der Waals surface area contributed by atoms with E-state index in [1.54, 1.807) is 24.3 Å². The Morgan fingerprint density at radius 2 is 2.39 bits per heavy atom. The van der Waals surface area contributed by atoms with Crippen LogP contribution < -0.4 is 0 Å². The van der Waals surface area contributed by atoms with Crippen LogP contribution in [0.1, 0.15) is 11.7 Å². The topological polar surface area (TPSA) is 38.0 Å². The predicted molar refractivity (Wildman–Crippen MR) is 72.9 cm³/mol. The summed E-state index contributed by atoms with van der Waals surface area (Å²) in [5.41, 5.74) is 0.987. The summed E-state index contributed by atoms with van der Waals surface area (Å²) < 4.78 is 2.01. The minimum atomic E-state index is -0.430. The molecule has 1 aromatic carbocycles. The van der Waals surface area contributed by atoms with Gasteiger partial charge in [0.15, 0.2) is 0 Å². The van der Waals surface area contributed by atoms with Gasteiger partial charge in [-0.2, -0.15) is 0 Å². The Hall–Kier alpha value is -0.970. The van der Waals surface area contributed by atoms with Gasteiger partial charge in [0.2, 0.25) is 0 Å². The molecule has 2 atom stereocenters.